The molecule has 0 saturated carbocycles. The molecule has 2 N–H and O–H groups in total. The van der Waals surface area contributed by atoms with Crippen LogP contribution in [0.15, 0.2) is 91.0 Å². The Bertz CT molecular complexity index is 763. The highest BCUT2D eigenvalue weighted by molar-refractivity contribution is 7.76. The maximum absolute atomic E-state index is 13.9. The molecule has 0 spiro atoms. The summed E-state index contributed by atoms with van der Waals surface area (Å²) in [7, 11) is -3.07. The molecule has 0 heterocycles. The highest BCUT2D eigenvalue weighted by Gasteiger charge is 2.30. The predicted octanol–water partition coefficient (Wildman–Crippen LogP) is 3.24. The van der Waals surface area contributed by atoms with Gasteiger partial charge in [0.25, 0.3) is 0 Å². The maximum Gasteiger partial charge on any atom is 0.205 e. The molecule has 122 valence electrons. The van der Waals surface area contributed by atoms with Gasteiger partial charge in [0.2, 0.25) is 7.29 Å². The smallest absolute Gasteiger partial charge is 0.205 e. The minimum absolute atomic E-state index is 0.131. The van der Waals surface area contributed by atoms with Gasteiger partial charge in [-0.25, -0.2) is 0 Å². The molecule has 3 rings (SSSR count). The molecule has 0 aliphatic carbocycles. The van der Waals surface area contributed by atoms with Crippen molar-refractivity contribution in [3.05, 3.63) is 96.6 Å². The topological polar surface area (TPSA) is 49.3 Å². The lowest BCUT2D eigenvalue weighted by atomic mass is 10.1. The second-order valence-electron chi connectivity index (χ2n) is 5.56. The SMILES string of the molecule is O=P(N[C@@H](CO)c1ccccc1)(c1ccccc1)c1ccccc1. The van der Waals surface area contributed by atoms with E-state index in [1.807, 2.05) is 91.0 Å². The first-order valence-corrected chi connectivity index (χ1v) is 9.59. The quantitative estimate of drug-likeness (QED) is 0.679. The minimum atomic E-state index is -3.07. The zero-order valence-corrected chi connectivity index (χ0v) is 14.1. The van der Waals surface area contributed by atoms with E-state index in [0.717, 1.165) is 16.2 Å². The lowest BCUT2D eigenvalue weighted by molar-refractivity contribution is 0.259. The normalized spacial score (nSPS) is 12.7. The molecular weight excluding hydrogens is 317 g/mol. The van der Waals surface area contributed by atoms with Crippen molar-refractivity contribution in [1.29, 1.82) is 0 Å². The largest absolute Gasteiger partial charge is 0.394 e. The summed E-state index contributed by atoms with van der Waals surface area (Å²) in [5.41, 5.74) is 0.909. The van der Waals surface area contributed by atoms with Crippen LogP contribution in [0.25, 0.3) is 0 Å². The lowest BCUT2D eigenvalue weighted by Crippen LogP contribution is -2.32. The van der Waals surface area contributed by atoms with Gasteiger partial charge >= 0.3 is 0 Å². The first kappa shape index (κ1) is 16.7. The Hall–Kier alpha value is -2.19. The molecule has 0 aliphatic heterocycles. The molecule has 0 radical (unpaired) electrons. The Labute approximate surface area is 142 Å². The standard InChI is InChI=1S/C20H20NO2P/c22-16-20(17-10-4-1-5-11-17)21-24(23,18-12-6-2-7-13-18)19-14-8-3-9-15-19/h1-15,20,22H,16H2,(H,21,23)/t20-/m0/s1. The first-order valence-electron chi connectivity index (χ1n) is 7.89. The third kappa shape index (κ3) is 3.49. The summed E-state index contributed by atoms with van der Waals surface area (Å²) in [5.74, 6) is 0. The zero-order chi connectivity index (χ0) is 16.8. The van der Waals surface area contributed by atoms with Gasteiger partial charge in [0.05, 0.1) is 12.6 Å². The minimum Gasteiger partial charge on any atom is -0.394 e. The van der Waals surface area contributed by atoms with Crippen molar-refractivity contribution >= 4 is 17.9 Å². The van der Waals surface area contributed by atoms with E-state index in [0.29, 0.717) is 0 Å². The van der Waals surface area contributed by atoms with Gasteiger partial charge < -0.3 is 5.11 Å². The van der Waals surface area contributed by atoms with Gasteiger partial charge in [-0.1, -0.05) is 66.7 Å². The van der Waals surface area contributed by atoms with Crippen molar-refractivity contribution in [3.8, 4) is 0 Å². The van der Waals surface area contributed by atoms with Gasteiger partial charge in [-0.3, -0.25) is 9.65 Å². The highest BCUT2D eigenvalue weighted by Crippen LogP contribution is 2.41. The van der Waals surface area contributed by atoms with E-state index in [9.17, 15) is 9.67 Å². The zero-order valence-electron chi connectivity index (χ0n) is 13.2. The van der Waals surface area contributed by atoms with Gasteiger partial charge in [-0.15, -0.1) is 0 Å². The Balaban J connectivity index is 2.04. The van der Waals surface area contributed by atoms with Crippen molar-refractivity contribution in [1.82, 2.24) is 5.09 Å². The number of rotatable bonds is 6. The summed E-state index contributed by atoms with van der Waals surface area (Å²) in [5, 5.41) is 14.5. The average molecular weight is 337 g/mol. The molecule has 3 nitrogen and oxygen atoms in total. The molecule has 1 atom stereocenters. The maximum atomic E-state index is 13.9. The molecule has 0 aromatic heterocycles. The second kappa shape index (κ2) is 7.59. The van der Waals surface area contributed by atoms with Gasteiger partial charge in [0.15, 0.2) is 0 Å². The third-order valence-corrected chi connectivity index (χ3v) is 6.69. The molecule has 24 heavy (non-hydrogen) atoms. The van der Waals surface area contributed by atoms with Gasteiger partial charge in [-0.05, 0) is 29.8 Å². The van der Waals surface area contributed by atoms with E-state index in [1.54, 1.807) is 0 Å². The summed E-state index contributed by atoms with van der Waals surface area (Å²) >= 11 is 0. The summed E-state index contributed by atoms with van der Waals surface area (Å²) in [6.45, 7) is -0.131. The van der Waals surface area contributed by atoms with Gasteiger partial charge in [0.1, 0.15) is 0 Å². The number of aliphatic hydroxyl groups excluding tert-OH is 1. The van der Waals surface area contributed by atoms with Crippen LogP contribution in [-0.4, -0.2) is 11.7 Å². The molecule has 3 aromatic carbocycles. The van der Waals surface area contributed by atoms with Crippen LogP contribution in [0.5, 0.6) is 0 Å². The van der Waals surface area contributed by atoms with E-state index in [-0.39, 0.29) is 6.61 Å². The third-order valence-electron chi connectivity index (χ3n) is 3.96. The number of hydrogen-bond donors (Lipinski definition) is 2. The molecule has 0 aliphatic rings. The van der Waals surface area contributed by atoms with Crippen molar-refractivity contribution in [2.75, 3.05) is 6.61 Å². The fourth-order valence-electron chi connectivity index (χ4n) is 2.70. The molecule has 0 unspecified atom stereocenters. The Morgan fingerprint density at radius 3 is 1.58 bits per heavy atom. The van der Waals surface area contributed by atoms with Crippen LogP contribution in [0, 0.1) is 0 Å². The average Bonchev–Trinajstić information content (AvgIpc) is 2.68. The van der Waals surface area contributed by atoms with Crippen LogP contribution < -0.4 is 15.7 Å². The molecule has 0 fully saturated rings. The van der Waals surface area contributed by atoms with Crippen LogP contribution >= 0.6 is 7.29 Å². The fourth-order valence-corrected chi connectivity index (χ4v) is 5.15. The first-order chi connectivity index (χ1) is 11.7. The molecule has 3 aromatic rings. The van der Waals surface area contributed by atoms with Crippen molar-refractivity contribution in [2.24, 2.45) is 0 Å². The van der Waals surface area contributed by atoms with Crippen molar-refractivity contribution in [2.45, 2.75) is 6.04 Å². The van der Waals surface area contributed by atoms with Crippen molar-refractivity contribution < 1.29 is 9.67 Å². The van der Waals surface area contributed by atoms with E-state index in [1.165, 1.54) is 0 Å². The van der Waals surface area contributed by atoms with Gasteiger partial charge in [-0.2, -0.15) is 0 Å². The number of nitrogens with one attached hydrogen (secondary N) is 1. The second-order valence-corrected chi connectivity index (χ2v) is 8.06. The van der Waals surface area contributed by atoms with E-state index in [4.69, 9.17) is 0 Å². The van der Waals surface area contributed by atoms with E-state index in [2.05, 4.69) is 5.09 Å². The fraction of sp³-hybridized carbons (Fsp3) is 0.100. The Morgan fingerprint density at radius 1 is 0.750 bits per heavy atom. The summed E-state index contributed by atoms with van der Waals surface area (Å²) in [4.78, 5) is 0. The molecule has 0 saturated heterocycles. The Morgan fingerprint density at radius 2 is 1.17 bits per heavy atom. The van der Waals surface area contributed by atoms with E-state index >= 15 is 0 Å². The number of hydrogen-bond acceptors (Lipinski definition) is 2. The molecule has 4 heteroatoms. The van der Waals surface area contributed by atoms with Crippen LogP contribution in [0.3, 0.4) is 0 Å². The summed E-state index contributed by atoms with van der Waals surface area (Å²) in [6.07, 6.45) is 0. The number of aliphatic hydroxyl groups is 1. The lowest BCUT2D eigenvalue weighted by Gasteiger charge is -2.26. The Kier molecular flexibility index (Phi) is 5.27. The number of benzene rings is 3. The summed E-state index contributed by atoms with van der Waals surface area (Å²) < 4.78 is 13.9. The van der Waals surface area contributed by atoms with Crippen molar-refractivity contribution in [3.63, 3.8) is 0 Å². The predicted molar refractivity (Wildman–Crippen MR) is 99.2 cm³/mol. The van der Waals surface area contributed by atoms with Crippen LogP contribution in [0.1, 0.15) is 11.6 Å². The highest BCUT2D eigenvalue weighted by atomic mass is 31.2. The van der Waals surface area contributed by atoms with Crippen LogP contribution in [-0.2, 0) is 4.57 Å². The van der Waals surface area contributed by atoms with Crippen LogP contribution in [0.2, 0.25) is 0 Å². The van der Waals surface area contributed by atoms with E-state index < -0.39 is 13.3 Å². The van der Waals surface area contributed by atoms with Crippen LogP contribution in [0.4, 0.5) is 0 Å². The van der Waals surface area contributed by atoms with Gasteiger partial charge in [0, 0.05) is 10.6 Å². The molecule has 0 bridgehead atoms. The molecule has 0 amide bonds. The molecular formula is C20H20NO2P. The monoisotopic (exact) mass is 337 g/mol. The summed E-state index contributed by atoms with van der Waals surface area (Å²) in [6, 6.07) is 28.0.